The zero-order valence-electron chi connectivity index (χ0n) is 16.8. The van der Waals surface area contributed by atoms with Crippen LogP contribution in [0, 0.1) is 28.6 Å². The summed E-state index contributed by atoms with van der Waals surface area (Å²) in [6.45, 7) is 0. The Bertz CT molecular complexity index is 1220. The van der Waals surface area contributed by atoms with Gasteiger partial charge < -0.3 is 0 Å². The van der Waals surface area contributed by atoms with Gasteiger partial charge in [0.15, 0.2) is 0 Å². The summed E-state index contributed by atoms with van der Waals surface area (Å²) in [5.74, 6) is -0.349. The summed E-state index contributed by atoms with van der Waals surface area (Å²) < 4.78 is 25.7. The first-order valence-electron chi connectivity index (χ1n) is 9.91. The molecule has 1 unspecified atom stereocenters. The molecule has 2 aromatic rings. The van der Waals surface area contributed by atoms with E-state index >= 15 is 0 Å². The molecule has 0 bridgehead atoms. The predicted octanol–water partition coefficient (Wildman–Crippen LogP) is 5.85. The minimum atomic E-state index is -3.92. The minimum Gasteiger partial charge on any atom is -0.218 e. The Kier molecular flexibility index (Phi) is 7.47. The van der Waals surface area contributed by atoms with Crippen LogP contribution in [0.15, 0.2) is 98.8 Å². The third kappa shape index (κ3) is 5.52. The molecule has 0 aromatic heterocycles. The average Bonchev–Trinajstić information content (AvgIpc) is 2.80. The Morgan fingerprint density at radius 3 is 2.29 bits per heavy atom. The van der Waals surface area contributed by atoms with E-state index in [-0.39, 0.29) is 15.7 Å². The molecular weight excluding hydrogens is 428 g/mol. The largest absolute Gasteiger partial charge is 0.218 e. The highest BCUT2D eigenvalue weighted by Crippen LogP contribution is 2.35. The molecule has 4 nitrogen and oxygen atoms in total. The highest BCUT2D eigenvalue weighted by Gasteiger charge is 2.23. The number of nitrogens with zero attached hydrogens (tertiary/aromatic N) is 2. The number of hydrogen-bond donors (Lipinski definition) is 0. The van der Waals surface area contributed by atoms with E-state index in [1.807, 2.05) is 42.5 Å². The molecule has 0 N–H and O–H groups in total. The molecule has 6 heteroatoms. The van der Waals surface area contributed by atoms with Gasteiger partial charge in [-0.15, -0.1) is 0 Å². The number of rotatable bonds is 6. The van der Waals surface area contributed by atoms with E-state index in [0.717, 1.165) is 17.6 Å². The Hall–Kier alpha value is -3.12. The van der Waals surface area contributed by atoms with Gasteiger partial charge in [-0.25, -0.2) is 8.42 Å². The van der Waals surface area contributed by atoms with Crippen molar-refractivity contribution in [1.82, 2.24) is 0 Å². The van der Waals surface area contributed by atoms with Crippen molar-refractivity contribution in [3.05, 3.63) is 99.5 Å². The number of nitriles is 2. The maximum atomic E-state index is 12.8. The van der Waals surface area contributed by atoms with Crippen LogP contribution in [-0.4, -0.2) is 8.42 Å². The SMILES string of the molecule is N#C/C(=C\C1=C(Cl)C(=C/C(C#N)Cc2ccccc2)/CCC1)S(=O)(=O)c1ccccc1. The van der Waals surface area contributed by atoms with Gasteiger partial charge in [-0.3, -0.25) is 0 Å². The molecule has 31 heavy (non-hydrogen) atoms. The van der Waals surface area contributed by atoms with E-state index in [1.165, 1.54) is 18.2 Å². The first kappa shape index (κ1) is 22.6. The third-order valence-corrected chi connectivity index (χ3v) is 7.25. The Morgan fingerprint density at radius 2 is 1.68 bits per heavy atom. The van der Waals surface area contributed by atoms with E-state index in [4.69, 9.17) is 11.6 Å². The molecule has 3 rings (SSSR count). The lowest BCUT2D eigenvalue weighted by molar-refractivity contribution is 0.603. The van der Waals surface area contributed by atoms with Gasteiger partial charge in [-0.05, 0) is 60.6 Å². The predicted molar refractivity (Wildman–Crippen MR) is 121 cm³/mol. The number of allylic oxidation sites excluding steroid dienone is 6. The molecule has 1 aliphatic carbocycles. The van der Waals surface area contributed by atoms with Crippen LogP contribution in [0.4, 0.5) is 0 Å². The Labute approximate surface area is 188 Å². The second-order valence-electron chi connectivity index (χ2n) is 7.25. The summed E-state index contributed by atoms with van der Waals surface area (Å²) in [7, 11) is -3.92. The molecule has 2 aromatic carbocycles. The Balaban J connectivity index is 1.94. The van der Waals surface area contributed by atoms with Crippen molar-refractivity contribution in [2.75, 3.05) is 0 Å². The average molecular weight is 449 g/mol. The highest BCUT2D eigenvalue weighted by atomic mass is 35.5. The van der Waals surface area contributed by atoms with Crippen LogP contribution in [0.25, 0.3) is 0 Å². The first-order valence-corrected chi connectivity index (χ1v) is 11.8. The molecule has 0 spiro atoms. The van der Waals surface area contributed by atoms with E-state index in [0.29, 0.717) is 29.9 Å². The molecule has 1 atom stereocenters. The van der Waals surface area contributed by atoms with Gasteiger partial charge in [0.2, 0.25) is 9.84 Å². The molecule has 0 aliphatic heterocycles. The normalized spacial score (nSPS) is 17.1. The highest BCUT2D eigenvalue weighted by molar-refractivity contribution is 7.95. The van der Waals surface area contributed by atoms with E-state index in [1.54, 1.807) is 18.2 Å². The number of hydrogen-bond acceptors (Lipinski definition) is 4. The van der Waals surface area contributed by atoms with Crippen LogP contribution in [0.3, 0.4) is 0 Å². The van der Waals surface area contributed by atoms with Crippen LogP contribution in [0.2, 0.25) is 0 Å². The van der Waals surface area contributed by atoms with Crippen LogP contribution >= 0.6 is 11.6 Å². The zero-order valence-corrected chi connectivity index (χ0v) is 18.4. The fraction of sp³-hybridized carbons (Fsp3) is 0.200. The smallest absolute Gasteiger partial charge is 0.216 e. The van der Waals surface area contributed by atoms with Gasteiger partial charge in [-0.2, -0.15) is 10.5 Å². The second kappa shape index (κ2) is 10.3. The lowest BCUT2D eigenvalue weighted by Gasteiger charge is -2.18. The molecule has 1 aliphatic rings. The van der Waals surface area contributed by atoms with E-state index < -0.39 is 9.84 Å². The molecule has 0 amide bonds. The van der Waals surface area contributed by atoms with Gasteiger partial charge in [0, 0.05) is 5.03 Å². The van der Waals surface area contributed by atoms with E-state index in [9.17, 15) is 18.9 Å². The van der Waals surface area contributed by atoms with Gasteiger partial charge in [0.05, 0.1) is 16.9 Å². The fourth-order valence-electron chi connectivity index (χ4n) is 3.49. The summed E-state index contributed by atoms with van der Waals surface area (Å²) >= 11 is 6.60. The first-order chi connectivity index (χ1) is 15.0. The molecule has 0 heterocycles. The monoisotopic (exact) mass is 448 g/mol. The van der Waals surface area contributed by atoms with Gasteiger partial charge >= 0.3 is 0 Å². The van der Waals surface area contributed by atoms with Crippen LogP contribution in [0.1, 0.15) is 24.8 Å². The molecular formula is C25H21ClN2O2S. The van der Waals surface area contributed by atoms with Crippen molar-refractivity contribution in [3.8, 4) is 12.1 Å². The summed E-state index contributed by atoms with van der Waals surface area (Å²) in [5.41, 5.74) is 2.48. The maximum absolute atomic E-state index is 12.8. The number of sulfone groups is 1. The maximum Gasteiger partial charge on any atom is 0.216 e. The van der Waals surface area contributed by atoms with Crippen molar-refractivity contribution in [3.63, 3.8) is 0 Å². The third-order valence-electron chi connectivity index (χ3n) is 5.08. The van der Waals surface area contributed by atoms with Crippen LogP contribution in [0.5, 0.6) is 0 Å². The minimum absolute atomic E-state index is 0.0681. The quantitative estimate of drug-likeness (QED) is 0.518. The van der Waals surface area contributed by atoms with Crippen molar-refractivity contribution < 1.29 is 8.42 Å². The zero-order chi connectivity index (χ0) is 22.3. The van der Waals surface area contributed by atoms with Crippen molar-refractivity contribution >= 4 is 21.4 Å². The molecule has 0 saturated heterocycles. The summed E-state index contributed by atoms with van der Waals surface area (Å²) in [4.78, 5) is -0.271. The number of halogens is 1. The lowest BCUT2D eigenvalue weighted by Crippen LogP contribution is -2.07. The van der Waals surface area contributed by atoms with Crippen molar-refractivity contribution in [2.24, 2.45) is 5.92 Å². The molecule has 0 fully saturated rings. The van der Waals surface area contributed by atoms with Gasteiger partial charge in [-0.1, -0.05) is 66.2 Å². The summed E-state index contributed by atoms with van der Waals surface area (Å²) in [5, 5.41) is 19.6. The van der Waals surface area contributed by atoms with Crippen molar-refractivity contribution in [1.29, 1.82) is 10.5 Å². The standard InChI is InChI=1S/C25H21ClN2O2S/c26-25-21(15-20(17-27)14-19-8-3-1-4-9-19)10-7-11-22(25)16-24(18-28)31(29,30)23-12-5-2-6-13-23/h1-6,8-9,12-13,15-16,20H,7,10-11,14H2/b21-15+,24-16+. The van der Waals surface area contributed by atoms with Gasteiger partial charge in [0.1, 0.15) is 11.0 Å². The summed E-state index contributed by atoms with van der Waals surface area (Å²) in [6, 6.07) is 21.7. The molecule has 0 saturated carbocycles. The summed E-state index contributed by atoms with van der Waals surface area (Å²) in [6.07, 6.45) is 5.85. The topological polar surface area (TPSA) is 81.7 Å². The van der Waals surface area contributed by atoms with Crippen LogP contribution in [-0.2, 0) is 16.3 Å². The van der Waals surface area contributed by atoms with Crippen molar-refractivity contribution in [2.45, 2.75) is 30.6 Å². The Morgan fingerprint density at radius 1 is 1.03 bits per heavy atom. The van der Waals surface area contributed by atoms with Crippen LogP contribution < -0.4 is 0 Å². The lowest BCUT2D eigenvalue weighted by atomic mass is 9.90. The van der Waals surface area contributed by atoms with E-state index in [2.05, 4.69) is 6.07 Å². The number of benzene rings is 2. The van der Waals surface area contributed by atoms with Gasteiger partial charge in [0.25, 0.3) is 0 Å². The fourth-order valence-corrected chi connectivity index (χ4v) is 4.99. The molecule has 0 radical (unpaired) electrons. The second-order valence-corrected chi connectivity index (χ2v) is 9.54. The molecule has 156 valence electrons.